The van der Waals surface area contributed by atoms with Crippen LogP contribution in [0.1, 0.15) is 39.2 Å². The van der Waals surface area contributed by atoms with Crippen LogP contribution in [0, 0.1) is 17.8 Å². The lowest BCUT2D eigenvalue weighted by atomic mass is 9.97. The Morgan fingerprint density at radius 3 is 2.52 bits per heavy atom. The third kappa shape index (κ3) is 7.32. The summed E-state index contributed by atoms with van der Waals surface area (Å²) in [4.78, 5) is 11.6. The second-order valence-electron chi connectivity index (χ2n) is 6.48. The Bertz CT molecular complexity index is 510. The molecule has 1 aromatic rings. The highest BCUT2D eigenvalue weighted by Crippen LogP contribution is 2.16. The molecule has 0 saturated carbocycles. The highest BCUT2D eigenvalue weighted by molar-refractivity contribution is 5.75. The van der Waals surface area contributed by atoms with Gasteiger partial charge < -0.3 is 14.6 Å². The van der Waals surface area contributed by atoms with Crippen molar-refractivity contribution in [2.24, 2.45) is 5.41 Å². The van der Waals surface area contributed by atoms with Crippen LogP contribution >= 0.6 is 0 Å². The Kier molecular flexibility index (Phi) is 7.80. The van der Waals surface area contributed by atoms with Gasteiger partial charge in [0.05, 0.1) is 24.7 Å². The molecular weight excluding hydrogens is 292 g/mol. The van der Waals surface area contributed by atoms with E-state index in [4.69, 9.17) is 15.9 Å². The molecule has 1 N–H and O–H groups in total. The Hall–Kier alpha value is -1.83. The number of benzene rings is 1. The molecule has 0 fully saturated rings. The maximum atomic E-state index is 11.6. The molecule has 0 saturated heterocycles. The van der Waals surface area contributed by atoms with Gasteiger partial charge in [-0.25, -0.2) is 0 Å². The minimum absolute atomic E-state index is 0.249. The molecule has 0 amide bonds. The van der Waals surface area contributed by atoms with Gasteiger partial charge in [-0.3, -0.25) is 4.79 Å². The van der Waals surface area contributed by atoms with Crippen molar-refractivity contribution in [2.45, 2.75) is 52.4 Å². The summed E-state index contributed by atoms with van der Waals surface area (Å²) in [5.74, 6) is 2.22. The molecule has 0 aliphatic carbocycles. The van der Waals surface area contributed by atoms with Gasteiger partial charge in [-0.05, 0) is 39.2 Å². The molecule has 4 heteroatoms. The van der Waals surface area contributed by atoms with Gasteiger partial charge in [0.1, 0.15) is 6.10 Å². The first-order valence-corrected chi connectivity index (χ1v) is 7.81. The van der Waals surface area contributed by atoms with E-state index >= 15 is 0 Å². The van der Waals surface area contributed by atoms with E-state index in [1.54, 1.807) is 20.8 Å². The standard InChI is InChI=1S/C19H26O4/c1-5-17(23-14-15-10-7-6-8-11-15)16(20)12-9-13-22-18(21)19(2,3)4/h1,6-8,10-11,16-17,20H,9,12-14H2,2-4H3/t16-,17-/m0/s1. The molecule has 126 valence electrons. The zero-order chi connectivity index (χ0) is 17.3. The van der Waals surface area contributed by atoms with Crippen molar-refractivity contribution in [2.75, 3.05) is 6.61 Å². The maximum absolute atomic E-state index is 11.6. The molecule has 0 radical (unpaired) electrons. The van der Waals surface area contributed by atoms with Crippen LogP contribution in [0.5, 0.6) is 0 Å². The van der Waals surface area contributed by atoms with Crippen molar-refractivity contribution >= 4 is 5.97 Å². The normalized spacial score (nSPS) is 13.9. The second kappa shape index (κ2) is 9.34. The first kappa shape index (κ1) is 19.2. The Balaban J connectivity index is 2.30. The van der Waals surface area contributed by atoms with Crippen molar-refractivity contribution in [3.05, 3.63) is 35.9 Å². The zero-order valence-corrected chi connectivity index (χ0v) is 14.1. The van der Waals surface area contributed by atoms with Crippen LogP contribution in [0.4, 0.5) is 0 Å². The van der Waals surface area contributed by atoms with Crippen molar-refractivity contribution in [3.63, 3.8) is 0 Å². The van der Waals surface area contributed by atoms with Crippen LogP contribution in [0.3, 0.4) is 0 Å². The van der Waals surface area contributed by atoms with Gasteiger partial charge in [0.2, 0.25) is 0 Å². The molecule has 2 atom stereocenters. The molecule has 0 aromatic heterocycles. The highest BCUT2D eigenvalue weighted by Gasteiger charge is 2.23. The van der Waals surface area contributed by atoms with Gasteiger partial charge in [-0.1, -0.05) is 36.3 Å². The van der Waals surface area contributed by atoms with Gasteiger partial charge in [0.15, 0.2) is 0 Å². The van der Waals surface area contributed by atoms with Crippen molar-refractivity contribution in [1.82, 2.24) is 0 Å². The first-order chi connectivity index (χ1) is 10.8. The number of terminal acetylenes is 1. The quantitative estimate of drug-likeness (QED) is 0.455. The average molecular weight is 318 g/mol. The summed E-state index contributed by atoms with van der Waals surface area (Å²) in [6, 6.07) is 9.64. The van der Waals surface area contributed by atoms with Gasteiger partial charge >= 0.3 is 5.97 Å². The Morgan fingerprint density at radius 2 is 1.96 bits per heavy atom. The molecule has 0 bridgehead atoms. The number of hydrogen-bond acceptors (Lipinski definition) is 4. The minimum atomic E-state index is -0.781. The van der Waals surface area contributed by atoms with E-state index in [2.05, 4.69) is 5.92 Å². The van der Waals surface area contributed by atoms with E-state index in [1.165, 1.54) is 0 Å². The lowest BCUT2D eigenvalue weighted by Gasteiger charge is -2.20. The summed E-state index contributed by atoms with van der Waals surface area (Å²) in [5, 5.41) is 10.1. The number of aliphatic hydroxyl groups excluding tert-OH is 1. The SMILES string of the molecule is C#C[C@H](OCc1ccccc1)[C@@H](O)CCCOC(=O)C(C)(C)C. The van der Waals surface area contributed by atoms with Crippen LogP contribution < -0.4 is 0 Å². The monoisotopic (exact) mass is 318 g/mol. The molecule has 0 unspecified atom stereocenters. The lowest BCUT2D eigenvalue weighted by Crippen LogP contribution is -2.28. The number of esters is 1. The largest absolute Gasteiger partial charge is 0.465 e. The number of hydrogen-bond donors (Lipinski definition) is 1. The number of rotatable bonds is 8. The maximum Gasteiger partial charge on any atom is 0.311 e. The topological polar surface area (TPSA) is 55.8 Å². The van der Waals surface area contributed by atoms with Crippen LogP contribution in [0.15, 0.2) is 30.3 Å². The summed E-state index contributed by atoms with van der Waals surface area (Å²) in [6.07, 6.45) is 4.93. The minimum Gasteiger partial charge on any atom is -0.465 e. The Labute approximate surface area is 138 Å². The molecule has 0 aliphatic heterocycles. The van der Waals surface area contributed by atoms with E-state index in [-0.39, 0.29) is 12.6 Å². The number of carbonyl (C=O) groups excluding carboxylic acids is 1. The molecule has 0 aliphatic rings. The summed E-state index contributed by atoms with van der Waals surface area (Å²) in [7, 11) is 0. The van der Waals surface area contributed by atoms with Crippen LogP contribution in [-0.2, 0) is 20.9 Å². The van der Waals surface area contributed by atoms with Crippen LogP contribution in [0.25, 0.3) is 0 Å². The number of ether oxygens (including phenoxy) is 2. The highest BCUT2D eigenvalue weighted by atomic mass is 16.5. The van der Waals surface area contributed by atoms with Crippen molar-refractivity contribution in [1.29, 1.82) is 0 Å². The molecule has 23 heavy (non-hydrogen) atoms. The van der Waals surface area contributed by atoms with Crippen molar-refractivity contribution in [3.8, 4) is 12.3 Å². The van der Waals surface area contributed by atoms with Crippen molar-refractivity contribution < 1.29 is 19.4 Å². The van der Waals surface area contributed by atoms with E-state index in [1.807, 2.05) is 30.3 Å². The summed E-state index contributed by atoms with van der Waals surface area (Å²) in [5.41, 5.74) is 0.484. The van der Waals surface area contributed by atoms with Crippen LogP contribution in [0.2, 0.25) is 0 Å². The van der Waals surface area contributed by atoms with E-state index in [0.717, 1.165) is 5.56 Å². The number of carbonyl (C=O) groups is 1. The van der Waals surface area contributed by atoms with Crippen LogP contribution in [-0.4, -0.2) is 29.9 Å². The molecular formula is C19H26O4. The van der Waals surface area contributed by atoms with E-state index in [9.17, 15) is 9.90 Å². The molecule has 0 spiro atoms. The predicted octanol–water partition coefficient (Wildman–Crippen LogP) is 2.94. The molecule has 1 aromatic carbocycles. The molecule has 4 nitrogen and oxygen atoms in total. The Morgan fingerprint density at radius 1 is 1.30 bits per heavy atom. The average Bonchev–Trinajstić information content (AvgIpc) is 2.52. The summed E-state index contributed by atoms with van der Waals surface area (Å²) >= 11 is 0. The lowest BCUT2D eigenvalue weighted by molar-refractivity contribution is -0.153. The van der Waals surface area contributed by atoms with Gasteiger partial charge in [0.25, 0.3) is 0 Å². The second-order valence-corrected chi connectivity index (χ2v) is 6.48. The first-order valence-electron chi connectivity index (χ1n) is 7.81. The zero-order valence-electron chi connectivity index (χ0n) is 14.1. The number of aliphatic hydroxyl groups is 1. The summed E-state index contributed by atoms with van der Waals surface area (Å²) < 4.78 is 10.7. The third-order valence-electron chi connectivity index (χ3n) is 3.28. The molecule has 0 heterocycles. The van der Waals surface area contributed by atoms with Gasteiger partial charge in [-0.15, -0.1) is 6.42 Å². The fraction of sp³-hybridized carbons (Fsp3) is 0.526. The fourth-order valence-corrected chi connectivity index (χ4v) is 1.86. The van der Waals surface area contributed by atoms with E-state index in [0.29, 0.717) is 19.4 Å². The van der Waals surface area contributed by atoms with Gasteiger partial charge in [-0.2, -0.15) is 0 Å². The van der Waals surface area contributed by atoms with E-state index < -0.39 is 17.6 Å². The predicted molar refractivity (Wildman–Crippen MR) is 89.5 cm³/mol. The summed E-state index contributed by atoms with van der Waals surface area (Å²) in [6.45, 7) is 6.02. The third-order valence-corrected chi connectivity index (χ3v) is 3.28. The molecule has 1 rings (SSSR count). The smallest absolute Gasteiger partial charge is 0.311 e. The fourth-order valence-electron chi connectivity index (χ4n) is 1.86. The van der Waals surface area contributed by atoms with Gasteiger partial charge in [0, 0.05) is 0 Å².